The monoisotopic (exact) mass is 344 g/mol. The van der Waals surface area contributed by atoms with Crippen LogP contribution in [0.5, 0.6) is 0 Å². The topological polar surface area (TPSA) is 73.8 Å². The molecule has 2 aromatic rings. The van der Waals surface area contributed by atoms with Crippen molar-refractivity contribution in [2.45, 2.75) is 0 Å². The van der Waals surface area contributed by atoms with Crippen LogP contribution < -0.4 is 15.6 Å². The molecule has 0 aliphatic heterocycles. The SMILES string of the molecule is CN(C)c1ccc(/C=N/NC(=O)C(=O)Nc2ccc(Cl)cc2)cc1. The summed E-state index contributed by atoms with van der Waals surface area (Å²) in [6.45, 7) is 0. The molecule has 0 atom stereocenters. The largest absolute Gasteiger partial charge is 0.378 e. The van der Waals surface area contributed by atoms with E-state index in [0.29, 0.717) is 10.7 Å². The van der Waals surface area contributed by atoms with Crippen LogP contribution in [-0.2, 0) is 9.59 Å². The Labute approximate surface area is 145 Å². The van der Waals surface area contributed by atoms with E-state index in [9.17, 15) is 9.59 Å². The molecule has 24 heavy (non-hydrogen) atoms. The molecule has 0 bridgehead atoms. The number of halogens is 1. The summed E-state index contributed by atoms with van der Waals surface area (Å²) < 4.78 is 0. The van der Waals surface area contributed by atoms with Crippen LogP contribution >= 0.6 is 11.6 Å². The van der Waals surface area contributed by atoms with Gasteiger partial charge in [0.1, 0.15) is 0 Å². The van der Waals surface area contributed by atoms with Crippen molar-refractivity contribution in [3.8, 4) is 0 Å². The van der Waals surface area contributed by atoms with Crippen LogP contribution in [-0.4, -0.2) is 32.1 Å². The lowest BCUT2D eigenvalue weighted by Crippen LogP contribution is -2.32. The average molecular weight is 345 g/mol. The van der Waals surface area contributed by atoms with Crippen molar-refractivity contribution in [3.63, 3.8) is 0 Å². The van der Waals surface area contributed by atoms with Crippen LogP contribution in [0, 0.1) is 0 Å². The second kappa shape index (κ2) is 8.12. The number of carbonyl (C=O) groups excluding carboxylic acids is 2. The number of hydrogen-bond donors (Lipinski definition) is 2. The zero-order valence-electron chi connectivity index (χ0n) is 13.3. The van der Waals surface area contributed by atoms with Gasteiger partial charge in [-0.2, -0.15) is 5.10 Å². The first kappa shape index (κ1) is 17.5. The first-order chi connectivity index (χ1) is 11.5. The first-order valence-corrected chi connectivity index (χ1v) is 7.51. The second-order valence-corrected chi connectivity index (χ2v) is 5.58. The Morgan fingerprint density at radius 1 is 1.00 bits per heavy atom. The van der Waals surface area contributed by atoms with Gasteiger partial charge in [-0.25, -0.2) is 5.43 Å². The fraction of sp³-hybridized carbons (Fsp3) is 0.118. The van der Waals surface area contributed by atoms with Gasteiger partial charge in [0.15, 0.2) is 0 Å². The van der Waals surface area contributed by atoms with Gasteiger partial charge < -0.3 is 10.2 Å². The molecule has 0 fully saturated rings. The summed E-state index contributed by atoms with van der Waals surface area (Å²) in [7, 11) is 3.89. The van der Waals surface area contributed by atoms with E-state index in [-0.39, 0.29) is 0 Å². The average Bonchev–Trinajstić information content (AvgIpc) is 2.57. The molecule has 0 radical (unpaired) electrons. The quantitative estimate of drug-likeness (QED) is 0.508. The maximum atomic E-state index is 11.7. The molecule has 2 aromatic carbocycles. The number of hydrazone groups is 1. The van der Waals surface area contributed by atoms with E-state index in [1.807, 2.05) is 43.3 Å². The highest BCUT2D eigenvalue weighted by Crippen LogP contribution is 2.13. The van der Waals surface area contributed by atoms with Gasteiger partial charge in [0, 0.05) is 30.5 Å². The predicted octanol–water partition coefficient (Wildman–Crippen LogP) is 2.49. The molecule has 0 spiro atoms. The van der Waals surface area contributed by atoms with Gasteiger partial charge in [0.2, 0.25) is 0 Å². The van der Waals surface area contributed by atoms with Crippen LogP contribution in [0.1, 0.15) is 5.56 Å². The smallest absolute Gasteiger partial charge is 0.329 e. The molecule has 2 amide bonds. The van der Waals surface area contributed by atoms with E-state index >= 15 is 0 Å². The lowest BCUT2D eigenvalue weighted by atomic mass is 10.2. The molecule has 0 aromatic heterocycles. The zero-order chi connectivity index (χ0) is 17.5. The minimum Gasteiger partial charge on any atom is -0.378 e. The Morgan fingerprint density at radius 3 is 2.21 bits per heavy atom. The highest BCUT2D eigenvalue weighted by molar-refractivity contribution is 6.39. The van der Waals surface area contributed by atoms with Crippen molar-refractivity contribution >= 4 is 41.0 Å². The lowest BCUT2D eigenvalue weighted by molar-refractivity contribution is -0.136. The van der Waals surface area contributed by atoms with Gasteiger partial charge in [-0.3, -0.25) is 9.59 Å². The molecule has 2 rings (SSSR count). The Bertz CT molecular complexity index is 740. The van der Waals surface area contributed by atoms with Gasteiger partial charge in [-0.15, -0.1) is 0 Å². The minimum absolute atomic E-state index is 0.475. The molecule has 7 heteroatoms. The van der Waals surface area contributed by atoms with E-state index in [1.165, 1.54) is 6.21 Å². The van der Waals surface area contributed by atoms with E-state index in [2.05, 4.69) is 15.8 Å². The zero-order valence-corrected chi connectivity index (χ0v) is 14.0. The summed E-state index contributed by atoms with van der Waals surface area (Å²) in [5.41, 5.74) is 4.52. The number of amides is 2. The van der Waals surface area contributed by atoms with Crippen molar-refractivity contribution in [2.75, 3.05) is 24.3 Å². The molecule has 124 valence electrons. The number of rotatable bonds is 4. The summed E-state index contributed by atoms with van der Waals surface area (Å²) >= 11 is 5.75. The van der Waals surface area contributed by atoms with Crippen molar-refractivity contribution in [3.05, 3.63) is 59.1 Å². The third kappa shape index (κ3) is 5.10. The van der Waals surface area contributed by atoms with Crippen LogP contribution in [0.15, 0.2) is 53.6 Å². The lowest BCUT2D eigenvalue weighted by Gasteiger charge is -2.11. The number of benzene rings is 2. The van der Waals surface area contributed by atoms with E-state index in [1.54, 1.807) is 24.3 Å². The molecule has 6 nitrogen and oxygen atoms in total. The summed E-state index contributed by atoms with van der Waals surface area (Å²) in [5, 5.41) is 6.77. The van der Waals surface area contributed by atoms with Gasteiger partial charge in [-0.05, 0) is 42.0 Å². The predicted molar refractivity (Wildman–Crippen MR) is 96.6 cm³/mol. The molecular weight excluding hydrogens is 328 g/mol. The van der Waals surface area contributed by atoms with Gasteiger partial charge >= 0.3 is 11.8 Å². The van der Waals surface area contributed by atoms with Crippen molar-refractivity contribution in [1.82, 2.24) is 5.43 Å². The maximum Gasteiger partial charge on any atom is 0.329 e. The number of nitrogens with one attached hydrogen (secondary N) is 2. The van der Waals surface area contributed by atoms with Gasteiger partial charge in [0.05, 0.1) is 6.21 Å². The first-order valence-electron chi connectivity index (χ1n) is 7.13. The van der Waals surface area contributed by atoms with Crippen LogP contribution in [0.3, 0.4) is 0 Å². The fourth-order valence-electron chi connectivity index (χ4n) is 1.80. The van der Waals surface area contributed by atoms with Crippen molar-refractivity contribution < 1.29 is 9.59 Å². The van der Waals surface area contributed by atoms with Gasteiger partial charge in [-0.1, -0.05) is 23.7 Å². The number of carbonyl (C=O) groups is 2. The summed E-state index contributed by atoms with van der Waals surface area (Å²) in [5.74, 6) is -1.66. The Morgan fingerprint density at radius 2 is 1.62 bits per heavy atom. The Kier molecular flexibility index (Phi) is 5.92. The fourth-order valence-corrected chi connectivity index (χ4v) is 1.92. The number of hydrogen-bond acceptors (Lipinski definition) is 4. The minimum atomic E-state index is -0.855. The molecule has 0 heterocycles. The Hall–Kier alpha value is -2.86. The third-order valence-electron chi connectivity index (χ3n) is 3.10. The normalized spacial score (nSPS) is 10.5. The molecule has 0 aliphatic rings. The van der Waals surface area contributed by atoms with E-state index in [4.69, 9.17) is 11.6 Å². The molecule has 0 saturated carbocycles. The molecule has 0 saturated heterocycles. The van der Waals surface area contributed by atoms with Gasteiger partial charge in [0.25, 0.3) is 0 Å². The number of anilines is 2. The van der Waals surface area contributed by atoms with Crippen LogP contribution in [0.4, 0.5) is 11.4 Å². The second-order valence-electron chi connectivity index (χ2n) is 5.15. The molecule has 2 N–H and O–H groups in total. The van der Waals surface area contributed by atoms with Crippen molar-refractivity contribution in [2.24, 2.45) is 5.10 Å². The highest BCUT2D eigenvalue weighted by atomic mass is 35.5. The van der Waals surface area contributed by atoms with Crippen molar-refractivity contribution in [1.29, 1.82) is 0 Å². The highest BCUT2D eigenvalue weighted by Gasteiger charge is 2.12. The van der Waals surface area contributed by atoms with Crippen LogP contribution in [0.2, 0.25) is 5.02 Å². The van der Waals surface area contributed by atoms with E-state index < -0.39 is 11.8 Å². The summed E-state index contributed by atoms with van der Waals surface area (Å²) in [4.78, 5) is 25.4. The molecule has 0 unspecified atom stereocenters. The number of nitrogens with zero attached hydrogens (tertiary/aromatic N) is 2. The standard InChI is InChI=1S/C17H17ClN4O2/c1-22(2)15-9-3-12(4-10-15)11-19-21-17(24)16(23)20-14-7-5-13(18)6-8-14/h3-11H,1-2H3,(H,20,23)(H,21,24)/b19-11+. The summed E-state index contributed by atoms with van der Waals surface area (Å²) in [6, 6.07) is 14.0. The summed E-state index contributed by atoms with van der Waals surface area (Å²) in [6.07, 6.45) is 1.47. The molecule has 0 aliphatic carbocycles. The Balaban J connectivity index is 1.87. The molecular formula is C17H17ClN4O2. The maximum absolute atomic E-state index is 11.7. The van der Waals surface area contributed by atoms with Crippen LogP contribution in [0.25, 0.3) is 0 Å². The third-order valence-corrected chi connectivity index (χ3v) is 3.35. The van der Waals surface area contributed by atoms with E-state index in [0.717, 1.165) is 11.3 Å².